The van der Waals surface area contributed by atoms with Crippen molar-refractivity contribution in [3.8, 4) is 11.5 Å². The van der Waals surface area contributed by atoms with Crippen LogP contribution in [0.5, 0.6) is 11.5 Å². The van der Waals surface area contributed by atoms with Crippen molar-refractivity contribution in [1.29, 1.82) is 0 Å². The Hall–Kier alpha value is -2.23. The van der Waals surface area contributed by atoms with Gasteiger partial charge in [0.05, 0.1) is 5.56 Å². The Kier molecular flexibility index (Phi) is 8.97. The first-order valence-electron chi connectivity index (χ1n) is 9.34. The minimum Gasteiger partial charge on any atom is -0.872 e. The van der Waals surface area contributed by atoms with Crippen LogP contribution in [-0.2, 0) is 12.8 Å². The van der Waals surface area contributed by atoms with Gasteiger partial charge in [-0.3, -0.25) is 0 Å². The van der Waals surface area contributed by atoms with E-state index in [9.17, 15) is 20.1 Å². The average molecular weight is 359 g/mol. The molecule has 0 unspecified atom stereocenters. The molecule has 1 aromatic rings. The second-order valence-electron chi connectivity index (χ2n) is 7.07. The monoisotopic (exact) mass is 359 g/mol. The Bertz CT molecular complexity index is 680. The summed E-state index contributed by atoms with van der Waals surface area (Å²) in [6.07, 6.45) is 9.38. The number of phenolic OH excluding ortho intramolecular Hbond substituents is 1. The first-order chi connectivity index (χ1) is 12.3. The summed E-state index contributed by atoms with van der Waals surface area (Å²) in [5.41, 5.74) is 2.79. The van der Waals surface area contributed by atoms with Crippen LogP contribution in [0.15, 0.2) is 29.4 Å². The topological polar surface area (TPSA) is 80.6 Å². The zero-order valence-corrected chi connectivity index (χ0v) is 16.4. The van der Waals surface area contributed by atoms with Crippen molar-refractivity contribution in [3.63, 3.8) is 0 Å². The maximum absolute atomic E-state index is 12.6. The van der Waals surface area contributed by atoms with Crippen LogP contribution in [0.4, 0.5) is 0 Å². The minimum atomic E-state index is -1.22. The molecule has 0 aliphatic heterocycles. The van der Waals surface area contributed by atoms with Gasteiger partial charge in [0.15, 0.2) is 0 Å². The van der Waals surface area contributed by atoms with Gasteiger partial charge in [0.2, 0.25) is 0 Å². The molecule has 0 aliphatic rings. The smallest absolute Gasteiger partial charge is 0.335 e. The molecule has 0 aliphatic carbocycles. The molecule has 1 aromatic carbocycles. The Morgan fingerprint density at radius 3 is 2.46 bits per heavy atom. The fourth-order valence-electron chi connectivity index (χ4n) is 2.90. The number of phenols is 1. The lowest BCUT2D eigenvalue weighted by Crippen LogP contribution is -2.11. The maximum atomic E-state index is 12.6. The van der Waals surface area contributed by atoms with Crippen LogP contribution in [0.1, 0.15) is 81.3 Å². The number of allylic oxidation sites excluding steroid dienone is 4. The summed E-state index contributed by atoms with van der Waals surface area (Å²) in [6.45, 7) is 8.15. The highest BCUT2D eigenvalue weighted by atomic mass is 16.4. The van der Waals surface area contributed by atoms with E-state index < -0.39 is 11.7 Å². The molecular formula is C22H31O4-. The normalized spacial score (nSPS) is 11.5. The number of unbranched alkanes of at least 4 members (excludes halogenated alkanes) is 2. The lowest BCUT2D eigenvalue weighted by Gasteiger charge is -2.21. The molecule has 144 valence electrons. The van der Waals surface area contributed by atoms with Crippen molar-refractivity contribution in [2.75, 3.05) is 0 Å². The molecule has 0 aromatic heterocycles. The first-order valence-corrected chi connectivity index (χ1v) is 9.34. The van der Waals surface area contributed by atoms with Gasteiger partial charge in [0.1, 0.15) is 5.75 Å². The van der Waals surface area contributed by atoms with E-state index >= 15 is 0 Å². The third-order valence-electron chi connectivity index (χ3n) is 4.45. The molecule has 0 spiro atoms. The van der Waals surface area contributed by atoms with Crippen LogP contribution < -0.4 is 5.11 Å². The predicted molar refractivity (Wildman–Crippen MR) is 104 cm³/mol. The van der Waals surface area contributed by atoms with Crippen LogP contribution in [0.2, 0.25) is 0 Å². The number of benzene rings is 1. The molecule has 26 heavy (non-hydrogen) atoms. The van der Waals surface area contributed by atoms with E-state index in [4.69, 9.17) is 0 Å². The highest BCUT2D eigenvalue weighted by Crippen LogP contribution is 2.33. The number of aromatic hydroxyl groups is 1. The van der Waals surface area contributed by atoms with Gasteiger partial charge in [0, 0.05) is 0 Å². The van der Waals surface area contributed by atoms with Crippen molar-refractivity contribution < 1.29 is 20.1 Å². The lowest BCUT2D eigenvalue weighted by molar-refractivity contribution is -0.270. The molecule has 0 atom stereocenters. The van der Waals surface area contributed by atoms with Gasteiger partial charge in [0.25, 0.3) is 0 Å². The van der Waals surface area contributed by atoms with Crippen LogP contribution in [0, 0.1) is 0 Å². The van der Waals surface area contributed by atoms with Gasteiger partial charge in [-0.25, -0.2) is 4.79 Å². The molecule has 0 saturated heterocycles. The molecule has 0 amide bonds. The molecule has 0 saturated carbocycles. The molecule has 0 heterocycles. The first kappa shape index (κ1) is 21.8. The van der Waals surface area contributed by atoms with Gasteiger partial charge < -0.3 is 15.3 Å². The summed E-state index contributed by atoms with van der Waals surface area (Å²) in [6, 6.07) is 1.46. The second-order valence-corrected chi connectivity index (χ2v) is 7.07. The summed E-state index contributed by atoms with van der Waals surface area (Å²) in [5.74, 6) is -1.87. The zero-order valence-electron chi connectivity index (χ0n) is 16.4. The minimum absolute atomic E-state index is 0.0974. The average Bonchev–Trinajstić information content (AvgIpc) is 2.53. The molecule has 2 N–H and O–H groups in total. The fraction of sp³-hybridized carbons (Fsp3) is 0.500. The number of aryl methyl sites for hydroxylation is 1. The number of carboxylic acid groups (broad SMARTS) is 1. The summed E-state index contributed by atoms with van der Waals surface area (Å²) in [7, 11) is 0. The summed E-state index contributed by atoms with van der Waals surface area (Å²) >= 11 is 0. The molecule has 4 heteroatoms. The Balaban J connectivity index is 3.03. The van der Waals surface area contributed by atoms with Crippen molar-refractivity contribution >= 4 is 5.97 Å². The van der Waals surface area contributed by atoms with E-state index in [1.54, 1.807) is 0 Å². The Morgan fingerprint density at radius 1 is 1.19 bits per heavy atom. The van der Waals surface area contributed by atoms with Gasteiger partial charge in [-0.05, 0) is 70.1 Å². The highest BCUT2D eigenvalue weighted by Gasteiger charge is 2.16. The van der Waals surface area contributed by atoms with Gasteiger partial charge in [-0.1, -0.05) is 48.8 Å². The van der Waals surface area contributed by atoms with Gasteiger partial charge in [-0.15, -0.1) is 0 Å². The largest absolute Gasteiger partial charge is 0.872 e. The molecular weight excluding hydrogens is 328 g/mol. The lowest BCUT2D eigenvalue weighted by atomic mass is 9.95. The van der Waals surface area contributed by atoms with Gasteiger partial charge in [-0.2, -0.15) is 0 Å². The summed E-state index contributed by atoms with van der Waals surface area (Å²) in [5, 5.41) is 32.3. The van der Waals surface area contributed by atoms with Crippen LogP contribution >= 0.6 is 0 Å². The van der Waals surface area contributed by atoms with E-state index in [2.05, 4.69) is 26.8 Å². The van der Waals surface area contributed by atoms with E-state index in [0.29, 0.717) is 12.0 Å². The van der Waals surface area contributed by atoms with Crippen LogP contribution in [0.25, 0.3) is 0 Å². The van der Waals surface area contributed by atoms with E-state index in [-0.39, 0.29) is 23.3 Å². The SMILES string of the molecule is CCCCCc1cc(O)c(C/C=C(/C)CCC=C(C)C)c([O-])c1C(=O)O. The third-order valence-corrected chi connectivity index (χ3v) is 4.45. The Labute approximate surface area is 156 Å². The van der Waals surface area contributed by atoms with Crippen LogP contribution in [0.3, 0.4) is 0 Å². The van der Waals surface area contributed by atoms with Gasteiger partial charge >= 0.3 is 5.97 Å². The highest BCUT2D eigenvalue weighted by molar-refractivity contribution is 5.93. The second kappa shape index (κ2) is 10.7. The molecule has 0 bridgehead atoms. The predicted octanol–water partition coefficient (Wildman–Crippen LogP) is 5.13. The summed E-state index contributed by atoms with van der Waals surface area (Å²) < 4.78 is 0. The van der Waals surface area contributed by atoms with Crippen molar-refractivity contribution in [1.82, 2.24) is 0 Å². The quantitative estimate of drug-likeness (QED) is 0.448. The Morgan fingerprint density at radius 2 is 1.88 bits per heavy atom. The summed E-state index contributed by atoms with van der Waals surface area (Å²) in [4.78, 5) is 11.6. The molecule has 0 radical (unpaired) electrons. The molecule has 0 fully saturated rings. The molecule has 4 nitrogen and oxygen atoms in total. The van der Waals surface area contributed by atoms with Crippen molar-refractivity contribution in [2.45, 2.75) is 72.6 Å². The number of hydrogen-bond donors (Lipinski definition) is 2. The number of carbonyl (C=O) groups is 1. The van der Waals surface area contributed by atoms with Crippen LogP contribution in [-0.4, -0.2) is 16.2 Å². The fourth-order valence-corrected chi connectivity index (χ4v) is 2.90. The number of hydrogen-bond acceptors (Lipinski definition) is 3. The van der Waals surface area contributed by atoms with E-state index in [0.717, 1.165) is 37.7 Å². The zero-order chi connectivity index (χ0) is 19.7. The number of rotatable bonds is 10. The maximum Gasteiger partial charge on any atom is 0.335 e. The number of carboxylic acids is 1. The van der Waals surface area contributed by atoms with Crippen molar-refractivity contribution in [3.05, 3.63) is 46.1 Å². The van der Waals surface area contributed by atoms with Crippen molar-refractivity contribution in [2.24, 2.45) is 0 Å². The third kappa shape index (κ3) is 6.58. The number of aromatic carboxylic acids is 1. The van der Waals surface area contributed by atoms with E-state index in [1.165, 1.54) is 11.6 Å². The standard InChI is InChI=1S/C22H32O4/c1-5-6-7-11-17-14-19(23)18(21(24)20(17)22(25)26)13-12-16(4)10-8-9-15(2)3/h9,12,14,23-24H,5-8,10-11,13H2,1-4H3,(H,25,26)/p-1/b16-12-. The van der Waals surface area contributed by atoms with E-state index in [1.807, 2.05) is 13.0 Å². The molecule has 1 rings (SSSR count).